The number of hydrogen-bond donors (Lipinski definition) is 4. The van der Waals surface area contributed by atoms with Gasteiger partial charge in [-0.25, -0.2) is 0 Å². The Morgan fingerprint density at radius 3 is 2.24 bits per heavy atom. The van der Waals surface area contributed by atoms with Crippen molar-refractivity contribution in [3.05, 3.63) is 48.0 Å². The number of para-hydroxylation sites is 2. The lowest BCUT2D eigenvalue weighted by Gasteiger charge is -2.29. The van der Waals surface area contributed by atoms with Gasteiger partial charge >= 0.3 is 0 Å². The maximum absolute atomic E-state index is 10.3. The van der Waals surface area contributed by atoms with Crippen LogP contribution in [0.3, 0.4) is 0 Å². The first-order valence-corrected chi connectivity index (χ1v) is 10.4. The third-order valence-corrected chi connectivity index (χ3v) is 5.39. The van der Waals surface area contributed by atoms with Crippen LogP contribution in [0.4, 0.5) is 0 Å². The first-order valence-electron chi connectivity index (χ1n) is 10.4. The monoisotopic (exact) mass is 466 g/mol. The summed E-state index contributed by atoms with van der Waals surface area (Å²) in [6, 6.07) is 11.6. The van der Waals surface area contributed by atoms with Crippen molar-refractivity contribution in [3.8, 4) is 23.0 Å². The Hall–Kier alpha value is -2.60. The van der Waals surface area contributed by atoms with E-state index in [1.54, 1.807) is 36.4 Å². The third-order valence-electron chi connectivity index (χ3n) is 5.39. The van der Waals surface area contributed by atoms with Crippen LogP contribution >= 0.6 is 0 Å². The highest BCUT2D eigenvalue weighted by molar-refractivity contribution is 5.43. The van der Waals surface area contributed by atoms with Crippen molar-refractivity contribution in [2.24, 2.45) is 0 Å². The fraction of sp³-hybridized carbons (Fsp3) is 0.478. The van der Waals surface area contributed by atoms with Gasteiger partial charge < -0.3 is 48.8 Å². The lowest BCUT2D eigenvalue weighted by molar-refractivity contribution is -0.163. The molecule has 0 amide bonds. The fourth-order valence-electron chi connectivity index (χ4n) is 3.61. The number of phenols is 1. The number of benzene rings is 2. The predicted molar refractivity (Wildman–Crippen MR) is 116 cm³/mol. The topological polar surface area (TPSA) is 136 Å². The molecule has 1 fully saturated rings. The van der Waals surface area contributed by atoms with Crippen LogP contribution in [-0.2, 0) is 14.2 Å². The summed E-state index contributed by atoms with van der Waals surface area (Å²) >= 11 is 0. The molecule has 4 N–H and O–H groups in total. The van der Waals surface area contributed by atoms with Crippen molar-refractivity contribution in [1.29, 1.82) is 0 Å². The number of ether oxygens (including phenoxy) is 6. The summed E-state index contributed by atoms with van der Waals surface area (Å²) in [6.07, 6.45) is -6.10. The van der Waals surface area contributed by atoms with E-state index in [9.17, 15) is 20.4 Å². The van der Waals surface area contributed by atoms with E-state index >= 15 is 0 Å². The minimum absolute atomic E-state index is 0.0631. The second-order valence-electron chi connectivity index (χ2n) is 7.43. The van der Waals surface area contributed by atoms with Crippen molar-refractivity contribution >= 4 is 0 Å². The molecule has 10 nitrogen and oxygen atoms in total. The summed E-state index contributed by atoms with van der Waals surface area (Å²) in [5.41, 5.74) is 0.537. The zero-order valence-electron chi connectivity index (χ0n) is 18.7. The third kappa shape index (κ3) is 5.67. The molecule has 182 valence electrons. The van der Waals surface area contributed by atoms with Gasteiger partial charge in [-0.1, -0.05) is 18.2 Å². The number of methoxy groups -OCH3 is 3. The first kappa shape index (κ1) is 25.0. The van der Waals surface area contributed by atoms with Crippen LogP contribution in [0, 0.1) is 0 Å². The zero-order chi connectivity index (χ0) is 24.0. The average Bonchev–Trinajstić information content (AvgIpc) is 3.12. The second kappa shape index (κ2) is 11.5. The molecular formula is C23H30O10. The molecule has 1 aliphatic heterocycles. The highest BCUT2D eigenvalue weighted by Crippen LogP contribution is 2.35. The molecule has 0 aromatic heterocycles. The van der Waals surface area contributed by atoms with E-state index in [2.05, 4.69) is 0 Å². The van der Waals surface area contributed by atoms with Crippen LogP contribution in [0.15, 0.2) is 42.5 Å². The molecule has 1 heterocycles. The molecule has 33 heavy (non-hydrogen) atoms. The Kier molecular flexibility index (Phi) is 8.73. The number of phenolic OH excluding ortho intramolecular Hbond substituents is 1. The molecule has 1 saturated heterocycles. The van der Waals surface area contributed by atoms with E-state index in [1.807, 2.05) is 0 Å². The summed E-state index contributed by atoms with van der Waals surface area (Å²) in [5, 5.41) is 40.5. The zero-order valence-corrected chi connectivity index (χ0v) is 18.7. The predicted octanol–water partition coefficient (Wildman–Crippen LogP) is 1.00. The molecule has 0 bridgehead atoms. The molecule has 2 aromatic rings. The van der Waals surface area contributed by atoms with Crippen molar-refractivity contribution in [2.45, 2.75) is 36.8 Å². The lowest BCUT2D eigenvalue weighted by atomic mass is 10.0. The summed E-state index contributed by atoms with van der Waals surface area (Å²) in [4.78, 5) is 0. The van der Waals surface area contributed by atoms with Crippen molar-refractivity contribution in [2.75, 3.05) is 34.5 Å². The SMILES string of the molecule is COc1cc([C@H](OC[C@@H]2O[C@@H](OC)[C@H](O)[C@H]2O)[C@@H](CO)Oc2ccccc2OC)ccc1O. The first-order chi connectivity index (χ1) is 15.9. The van der Waals surface area contributed by atoms with Gasteiger partial charge in [0.25, 0.3) is 0 Å². The van der Waals surface area contributed by atoms with Gasteiger partial charge in [0.05, 0.1) is 27.4 Å². The number of aliphatic hydroxyl groups excluding tert-OH is 3. The van der Waals surface area contributed by atoms with Crippen LogP contribution in [-0.4, -0.2) is 85.7 Å². The normalized spacial score (nSPS) is 24.3. The Balaban J connectivity index is 1.87. The fourth-order valence-corrected chi connectivity index (χ4v) is 3.61. The van der Waals surface area contributed by atoms with Crippen LogP contribution < -0.4 is 14.2 Å². The molecule has 0 saturated carbocycles. The van der Waals surface area contributed by atoms with E-state index in [-0.39, 0.29) is 18.1 Å². The van der Waals surface area contributed by atoms with Gasteiger partial charge in [-0.05, 0) is 29.8 Å². The number of hydrogen-bond acceptors (Lipinski definition) is 10. The Labute approximate surface area is 191 Å². The second-order valence-corrected chi connectivity index (χ2v) is 7.43. The van der Waals surface area contributed by atoms with Crippen molar-refractivity contribution < 1.29 is 48.8 Å². The van der Waals surface area contributed by atoms with Gasteiger partial charge in [0.15, 0.2) is 35.4 Å². The Bertz CT molecular complexity index is 891. The van der Waals surface area contributed by atoms with Crippen molar-refractivity contribution in [1.82, 2.24) is 0 Å². The Morgan fingerprint density at radius 2 is 1.64 bits per heavy atom. The molecular weight excluding hydrogens is 436 g/mol. The molecule has 0 aliphatic carbocycles. The quantitative estimate of drug-likeness (QED) is 0.380. The van der Waals surface area contributed by atoms with Crippen LogP contribution in [0.25, 0.3) is 0 Å². The molecule has 6 atom stereocenters. The minimum Gasteiger partial charge on any atom is -0.504 e. The van der Waals surface area contributed by atoms with Gasteiger partial charge in [0.2, 0.25) is 0 Å². The van der Waals surface area contributed by atoms with E-state index in [1.165, 1.54) is 27.4 Å². The van der Waals surface area contributed by atoms with Crippen LogP contribution in [0.5, 0.6) is 23.0 Å². The van der Waals surface area contributed by atoms with Crippen LogP contribution in [0.1, 0.15) is 11.7 Å². The summed E-state index contributed by atoms with van der Waals surface area (Å²) in [7, 11) is 4.28. The summed E-state index contributed by atoms with van der Waals surface area (Å²) < 4.78 is 33.1. The van der Waals surface area contributed by atoms with Crippen LogP contribution in [0.2, 0.25) is 0 Å². The molecule has 1 aliphatic rings. The molecule has 2 aromatic carbocycles. The number of aliphatic hydroxyl groups is 3. The maximum Gasteiger partial charge on any atom is 0.186 e. The molecule has 3 rings (SSSR count). The van der Waals surface area contributed by atoms with Crippen molar-refractivity contribution in [3.63, 3.8) is 0 Å². The highest BCUT2D eigenvalue weighted by atomic mass is 16.7. The van der Waals surface area contributed by atoms with E-state index in [0.717, 1.165) is 0 Å². The maximum atomic E-state index is 10.3. The molecule has 0 radical (unpaired) electrons. The summed E-state index contributed by atoms with van der Waals surface area (Å²) in [6.45, 7) is -0.568. The van der Waals surface area contributed by atoms with Gasteiger partial charge in [0, 0.05) is 7.11 Å². The van der Waals surface area contributed by atoms with Gasteiger partial charge in [-0.3, -0.25) is 0 Å². The minimum atomic E-state index is -1.23. The standard InChI is InChI=1S/C23H30O10/c1-28-15-6-4-5-7-16(15)32-18(11-24)22(13-8-9-14(25)17(10-13)29-2)31-12-19-20(26)21(27)23(30-3)33-19/h4-10,18-27H,11-12H2,1-3H3/t18-,19+,20+,21-,22+,23-/m1/s1. The lowest BCUT2D eigenvalue weighted by Crippen LogP contribution is -2.37. The smallest absolute Gasteiger partial charge is 0.186 e. The average molecular weight is 466 g/mol. The Morgan fingerprint density at radius 1 is 0.939 bits per heavy atom. The van der Waals surface area contributed by atoms with E-state index in [0.29, 0.717) is 17.1 Å². The number of aromatic hydroxyl groups is 1. The summed E-state index contributed by atoms with van der Waals surface area (Å²) in [5.74, 6) is 1.01. The molecule has 10 heteroatoms. The molecule has 0 spiro atoms. The van der Waals surface area contributed by atoms with E-state index < -0.39 is 43.4 Å². The largest absolute Gasteiger partial charge is 0.504 e. The molecule has 0 unspecified atom stereocenters. The van der Waals surface area contributed by atoms with E-state index in [4.69, 9.17) is 28.4 Å². The van der Waals surface area contributed by atoms with Gasteiger partial charge in [0.1, 0.15) is 24.4 Å². The number of rotatable bonds is 11. The van der Waals surface area contributed by atoms with Gasteiger partial charge in [-0.15, -0.1) is 0 Å². The van der Waals surface area contributed by atoms with Gasteiger partial charge in [-0.2, -0.15) is 0 Å². The highest BCUT2D eigenvalue weighted by Gasteiger charge is 2.43.